The van der Waals surface area contributed by atoms with E-state index in [9.17, 15) is 9.59 Å². The number of piperidine rings is 1. The number of benzene rings is 1. The Bertz CT molecular complexity index is 985. The molecule has 4 rings (SSSR count). The van der Waals surface area contributed by atoms with Crippen LogP contribution < -0.4 is 16.0 Å². The molecule has 8 heteroatoms. The van der Waals surface area contributed by atoms with Gasteiger partial charge in [-0.1, -0.05) is 18.2 Å². The lowest BCUT2D eigenvalue weighted by molar-refractivity contribution is -0.129. The van der Waals surface area contributed by atoms with Gasteiger partial charge in [0.1, 0.15) is 6.04 Å². The van der Waals surface area contributed by atoms with Crippen molar-refractivity contribution in [3.63, 3.8) is 0 Å². The number of nitrogens with one attached hydrogen (secondary N) is 4. The molecule has 0 saturated carbocycles. The van der Waals surface area contributed by atoms with Gasteiger partial charge in [-0.05, 0) is 49.7 Å². The van der Waals surface area contributed by atoms with E-state index in [2.05, 4.69) is 25.9 Å². The zero-order valence-corrected chi connectivity index (χ0v) is 17.4. The average Bonchev–Trinajstić information content (AvgIpc) is 3.17. The van der Waals surface area contributed by atoms with Gasteiger partial charge in [-0.3, -0.25) is 14.6 Å². The first-order valence-corrected chi connectivity index (χ1v) is 9.97. The number of nitrogens with zero attached hydrogens (tertiary/aromatic N) is 1. The Labute approximate surface area is 181 Å². The van der Waals surface area contributed by atoms with Crippen LogP contribution in [-0.2, 0) is 16.0 Å². The maximum atomic E-state index is 13.0. The minimum Gasteiger partial charge on any atom is -0.361 e. The number of aromatic nitrogens is 2. The van der Waals surface area contributed by atoms with Gasteiger partial charge in [-0.15, -0.1) is 12.4 Å². The summed E-state index contributed by atoms with van der Waals surface area (Å²) in [6.45, 7) is 1.66. The first kappa shape index (κ1) is 21.8. The molecule has 0 bridgehead atoms. The number of anilines is 1. The highest BCUT2D eigenvalue weighted by atomic mass is 35.5. The van der Waals surface area contributed by atoms with Crippen molar-refractivity contribution < 1.29 is 9.59 Å². The topological polar surface area (TPSA) is 98.9 Å². The summed E-state index contributed by atoms with van der Waals surface area (Å²) in [5, 5.41) is 10.2. The summed E-state index contributed by atoms with van der Waals surface area (Å²) in [5.41, 5.74) is 2.67. The second kappa shape index (κ2) is 10.2. The monoisotopic (exact) mass is 427 g/mol. The van der Waals surface area contributed by atoms with E-state index in [4.69, 9.17) is 0 Å². The number of H-pyrrole nitrogens is 1. The Morgan fingerprint density at radius 1 is 1.10 bits per heavy atom. The summed E-state index contributed by atoms with van der Waals surface area (Å²) in [4.78, 5) is 33.1. The molecule has 7 nitrogen and oxygen atoms in total. The lowest BCUT2D eigenvalue weighted by Gasteiger charge is -2.25. The van der Waals surface area contributed by atoms with Gasteiger partial charge in [-0.2, -0.15) is 0 Å². The highest BCUT2D eigenvalue weighted by Gasteiger charge is 2.27. The fourth-order valence-electron chi connectivity index (χ4n) is 3.77. The quantitative estimate of drug-likeness (QED) is 0.486. The van der Waals surface area contributed by atoms with E-state index in [0.29, 0.717) is 12.1 Å². The molecule has 2 aromatic heterocycles. The number of carbonyl (C=O) groups excluding carboxylic acids is 2. The van der Waals surface area contributed by atoms with Crippen LogP contribution in [0.15, 0.2) is 55.0 Å². The van der Waals surface area contributed by atoms with Crippen molar-refractivity contribution in [2.24, 2.45) is 5.92 Å². The molecule has 158 valence electrons. The maximum Gasteiger partial charge on any atom is 0.247 e. The molecule has 0 aliphatic carbocycles. The van der Waals surface area contributed by atoms with Crippen molar-refractivity contribution in [2.75, 3.05) is 18.4 Å². The smallest absolute Gasteiger partial charge is 0.247 e. The number of hydrogen-bond donors (Lipinski definition) is 4. The molecule has 1 aliphatic rings. The fourth-order valence-corrected chi connectivity index (χ4v) is 3.77. The molecular weight excluding hydrogens is 402 g/mol. The lowest BCUT2D eigenvalue weighted by atomic mass is 9.96. The van der Waals surface area contributed by atoms with Crippen LogP contribution in [0.4, 0.5) is 5.69 Å². The van der Waals surface area contributed by atoms with Crippen LogP contribution in [0.5, 0.6) is 0 Å². The van der Waals surface area contributed by atoms with E-state index in [-0.39, 0.29) is 30.1 Å². The summed E-state index contributed by atoms with van der Waals surface area (Å²) in [6, 6.07) is 10.8. The zero-order chi connectivity index (χ0) is 20.1. The highest BCUT2D eigenvalue weighted by Crippen LogP contribution is 2.20. The van der Waals surface area contributed by atoms with E-state index < -0.39 is 6.04 Å². The van der Waals surface area contributed by atoms with Crippen LogP contribution in [0, 0.1) is 5.92 Å². The molecular formula is C22H26ClN5O2. The second-order valence-electron chi connectivity index (χ2n) is 7.37. The van der Waals surface area contributed by atoms with Gasteiger partial charge in [0.05, 0.1) is 0 Å². The second-order valence-corrected chi connectivity index (χ2v) is 7.37. The number of amides is 2. The van der Waals surface area contributed by atoms with E-state index in [1.54, 1.807) is 24.5 Å². The largest absolute Gasteiger partial charge is 0.361 e. The number of carbonyl (C=O) groups is 2. The third kappa shape index (κ3) is 5.17. The van der Waals surface area contributed by atoms with E-state index >= 15 is 0 Å². The van der Waals surface area contributed by atoms with Gasteiger partial charge >= 0.3 is 0 Å². The van der Waals surface area contributed by atoms with Gasteiger partial charge in [-0.25, -0.2) is 0 Å². The Morgan fingerprint density at radius 3 is 2.60 bits per heavy atom. The van der Waals surface area contributed by atoms with Crippen molar-refractivity contribution in [2.45, 2.75) is 25.3 Å². The third-order valence-corrected chi connectivity index (χ3v) is 5.39. The first-order valence-electron chi connectivity index (χ1n) is 9.97. The number of halogens is 1. The molecule has 1 atom stereocenters. The Balaban J connectivity index is 0.00000256. The average molecular weight is 428 g/mol. The summed E-state index contributed by atoms with van der Waals surface area (Å²) in [7, 11) is 0. The van der Waals surface area contributed by atoms with Crippen LogP contribution in [-0.4, -0.2) is 40.9 Å². The number of fused-ring (bicyclic) bond motifs is 1. The minimum atomic E-state index is -0.662. The molecule has 3 heterocycles. The van der Waals surface area contributed by atoms with Crippen molar-refractivity contribution in [1.82, 2.24) is 20.6 Å². The van der Waals surface area contributed by atoms with Gasteiger partial charge in [0, 0.05) is 47.5 Å². The minimum absolute atomic E-state index is 0. The van der Waals surface area contributed by atoms with Gasteiger partial charge in [0.25, 0.3) is 0 Å². The number of para-hydroxylation sites is 1. The zero-order valence-electron chi connectivity index (χ0n) is 16.6. The SMILES string of the molecule is Cl.O=C(N[C@@H](Cc1c[nH]c2ccccc12)C(=O)Nc1ccncc1)C1CCNCC1. The number of aromatic amines is 1. The number of pyridine rings is 1. The van der Waals surface area contributed by atoms with Crippen molar-refractivity contribution >= 4 is 40.8 Å². The Kier molecular flexibility index (Phi) is 7.43. The van der Waals surface area contributed by atoms with Crippen molar-refractivity contribution in [3.05, 3.63) is 60.6 Å². The van der Waals surface area contributed by atoms with Gasteiger partial charge < -0.3 is 20.9 Å². The molecule has 0 unspecified atom stereocenters. The molecule has 0 radical (unpaired) electrons. The molecule has 1 fully saturated rings. The first-order chi connectivity index (χ1) is 14.2. The van der Waals surface area contributed by atoms with Crippen LogP contribution in [0.3, 0.4) is 0 Å². The summed E-state index contributed by atoms with van der Waals surface area (Å²) < 4.78 is 0. The van der Waals surface area contributed by atoms with E-state index in [1.807, 2.05) is 30.5 Å². The predicted octanol–water partition coefficient (Wildman–Crippen LogP) is 2.65. The summed E-state index contributed by atoms with van der Waals surface area (Å²) in [6.07, 6.45) is 7.15. The Hall–Kier alpha value is -2.90. The predicted molar refractivity (Wildman–Crippen MR) is 120 cm³/mol. The molecule has 30 heavy (non-hydrogen) atoms. The van der Waals surface area contributed by atoms with Crippen LogP contribution in [0.2, 0.25) is 0 Å². The van der Waals surface area contributed by atoms with Gasteiger partial charge in [0.15, 0.2) is 0 Å². The molecule has 1 saturated heterocycles. The van der Waals surface area contributed by atoms with E-state index in [1.165, 1.54) is 0 Å². The molecule has 1 aliphatic heterocycles. The molecule has 2 amide bonds. The molecule has 3 aromatic rings. The van der Waals surface area contributed by atoms with Gasteiger partial charge in [0.2, 0.25) is 11.8 Å². The number of hydrogen-bond acceptors (Lipinski definition) is 4. The lowest BCUT2D eigenvalue weighted by Crippen LogP contribution is -2.48. The maximum absolute atomic E-state index is 13.0. The molecule has 1 aromatic carbocycles. The van der Waals surface area contributed by atoms with Crippen molar-refractivity contribution in [1.29, 1.82) is 0 Å². The fraction of sp³-hybridized carbons (Fsp3) is 0.318. The standard InChI is InChI=1S/C22H25N5O2.ClH/c28-21(15-5-9-23-10-6-15)27-20(22(29)26-17-7-11-24-12-8-17)13-16-14-25-19-4-2-1-3-18(16)19;/h1-4,7-8,11-12,14-15,20,23,25H,5-6,9-10,13H2,(H,27,28)(H,24,26,29);1H/t20-;/m0./s1. The highest BCUT2D eigenvalue weighted by molar-refractivity contribution is 5.98. The Morgan fingerprint density at radius 2 is 1.83 bits per heavy atom. The van der Waals surface area contributed by atoms with Crippen LogP contribution >= 0.6 is 12.4 Å². The molecule has 4 N–H and O–H groups in total. The third-order valence-electron chi connectivity index (χ3n) is 5.39. The van der Waals surface area contributed by atoms with E-state index in [0.717, 1.165) is 42.4 Å². The normalized spacial score (nSPS) is 15.2. The summed E-state index contributed by atoms with van der Waals surface area (Å²) in [5.74, 6) is -0.347. The van der Waals surface area contributed by atoms with Crippen LogP contribution in [0.1, 0.15) is 18.4 Å². The number of rotatable bonds is 6. The van der Waals surface area contributed by atoms with Crippen LogP contribution in [0.25, 0.3) is 10.9 Å². The molecule has 0 spiro atoms. The van der Waals surface area contributed by atoms with Crippen molar-refractivity contribution in [3.8, 4) is 0 Å². The summed E-state index contributed by atoms with van der Waals surface area (Å²) >= 11 is 0.